The minimum atomic E-state index is 0.262. The van der Waals surface area contributed by atoms with E-state index in [4.69, 9.17) is 4.98 Å². The van der Waals surface area contributed by atoms with E-state index in [2.05, 4.69) is 50.4 Å². The Morgan fingerprint density at radius 1 is 1.24 bits per heavy atom. The summed E-state index contributed by atoms with van der Waals surface area (Å²) in [6.45, 7) is 6.62. The standard InChI is InChI=1S/C18H24N2S/c1-4-13-8-6-7-9-15(13)17(19-14-10-11-14)18-20-16(5-2)12(3)21-18/h6-9,14,17,19H,4-5,10-11H2,1-3H3. The molecule has 21 heavy (non-hydrogen) atoms. The van der Waals surface area contributed by atoms with Crippen molar-refractivity contribution in [2.75, 3.05) is 0 Å². The highest BCUT2D eigenvalue weighted by molar-refractivity contribution is 7.11. The molecule has 1 atom stereocenters. The second-order valence-corrected chi connectivity index (χ2v) is 7.07. The number of hydrogen-bond donors (Lipinski definition) is 1. The molecule has 1 aromatic carbocycles. The number of rotatable bonds is 6. The van der Waals surface area contributed by atoms with Crippen molar-refractivity contribution in [2.24, 2.45) is 0 Å². The quantitative estimate of drug-likeness (QED) is 0.854. The molecule has 0 radical (unpaired) electrons. The number of nitrogens with zero attached hydrogens (tertiary/aromatic N) is 1. The molecule has 0 spiro atoms. The molecule has 1 aliphatic rings. The van der Waals surface area contributed by atoms with Gasteiger partial charge in [-0.2, -0.15) is 0 Å². The van der Waals surface area contributed by atoms with Gasteiger partial charge in [0.2, 0.25) is 0 Å². The Morgan fingerprint density at radius 2 is 2.00 bits per heavy atom. The van der Waals surface area contributed by atoms with Gasteiger partial charge in [-0.15, -0.1) is 11.3 Å². The highest BCUT2D eigenvalue weighted by Gasteiger charge is 2.29. The number of benzene rings is 1. The Hall–Kier alpha value is -1.19. The number of aryl methyl sites for hydroxylation is 3. The monoisotopic (exact) mass is 300 g/mol. The largest absolute Gasteiger partial charge is 0.301 e. The highest BCUT2D eigenvalue weighted by Crippen LogP contribution is 2.33. The zero-order chi connectivity index (χ0) is 14.8. The normalized spacial score (nSPS) is 16.1. The summed E-state index contributed by atoms with van der Waals surface area (Å²) in [6.07, 6.45) is 4.70. The molecule has 2 nitrogen and oxygen atoms in total. The minimum absolute atomic E-state index is 0.262. The molecule has 1 saturated carbocycles. The molecular weight excluding hydrogens is 276 g/mol. The molecule has 3 heteroatoms. The van der Waals surface area contributed by atoms with E-state index in [1.54, 1.807) is 0 Å². The van der Waals surface area contributed by atoms with Crippen LogP contribution in [-0.2, 0) is 12.8 Å². The molecule has 0 bridgehead atoms. The number of thiazole rings is 1. The first-order valence-corrected chi connectivity index (χ1v) is 8.84. The molecular formula is C18H24N2S. The van der Waals surface area contributed by atoms with Crippen molar-refractivity contribution in [3.63, 3.8) is 0 Å². The van der Waals surface area contributed by atoms with Gasteiger partial charge in [0, 0.05) is 10.9 Å². The van der Waals surface area contributed by atoms with E-state index in [9.17, 15) is 0 Å². The Morgan fingerprint density at radius 3 is 2.62 bits per heavy atom. The molecule has 0 saturated heterocycles. The fraction of sp³-hybridized carbons (Fsp3) is 0.500. The second-order valence-electron chi connectivity index (χ2n) is 5.83. The van der Waals surface area contributed by atoms with Gasteiger partial charge in [0.05, 0.1) is 11.7 Å². The van der Waals surface area contributed by atoms with Gasteiger partial charge < -0.3 is 5.32 Å². The first-order valence-electron chi connectivity index (χ1n) is 8.03. The predicted molar refractivity (Wildman–Crippen MR) is 90.0 cm³/mol. The van der Waals surface area contributed by atoms with Crippen LogP contribution in [-0.4, -0.2) is 11.0 Å². The van der Waals surface area contributed by atoms with Crippen molar-refractivity contribution in [1.82, 2.24) is 10.3 Å². The van der Waals surface area contributed by atoms with E-state index in [0.29, 0.717) is 6.04 Å². The van der Waals surface area contributed by atoms with Crippen molar-refractivity contribution >= 4 is 11.3 Å². The first-order chi connectivity index (χ1) is 10.2. The minimum Gasteiger partial charge on any atom is -0.301 e. The van der Waals surface area contributed by atoms with Crippen LogP contribution in [0.5, 0.6) is 0 Å². The zero-order valence-corrected chi connectivity index (χ0v) is 14.0. The molecule has 3 rings (SSSR count). The molecule has 0 aliphatic heterocycles. The molecule has 1 N–H and O–H groups in total. The number of aromatic nitrogens is 1. The molecule has 2 aromatic rings. The van der Waals surface area contributed by atoms with E-state index in [1.807, 2.05) is 11.3 Å². The van der Waals surface area contributed by atoms with Crippen molar-refractivity contribution in [2.45, 2.75) is 58.5 Å². The van der Waals surface area contributed by atoms with Crippen LogP contribution in [0.25, 0.3) is 0 Å². The van der Waals surface area contributed by atoms with Crippen LogP contribution in [0.2, 0.25) is 0 Å². The van der Waals surface area contributed by atoms with Gasteiger partial charge in [0.15, 0.2) is 0 Å². The van der Waals surface area contributed by atoms with Gasteiger partial charge in [0.1, 0.15) is 5.01 Å². The Labute approximate surface area is 131 Å². The van der Waals surface area contributed by atoms with Crippen molar-refractivity contribution in [1.29, 1.82) is 0 Å². The summed E-state index contributed by atoms with van der Waals surface area (Å²) in [4.78, 5) is 6.28. The highest BCUT2D eigenvalue weighted by atomic mass is 32.1. The van der Waals surface area contributed by atoms with Crippen LogP contribution in [0.15, 0.2) is 24.3 Å². The van der Waals surface area contributed by atoms with E-state index >= 15 is 0 Å². The van der Waals surface area contributed by atoms with E-state index in [0.717, 1.165) is 12.8 Å². The molecule has 1 heterocycles. The van der Waals surface area contributed by atoms with Gasteiger partial charge in [0.25, 0.3) is 0 Å². The lowest BCUT2D eigenvalue weighted by Gasteiger charge is -2.19. The van der Waals surface area contributed by atoms with Crippen LogP contribution >= 0.6 is 11.3 Å². The summed E-state index contributed by atoms with van der Waals surface area (Å²) >= 11 is 1.86. The third-order valence-electron chi connectivity index (χ3n) is 4.22. The van der Waals surface area contributed by atoms with E-state index in [-0.39, 0.29) is 6.04 Å². The maximum atomic E-state index is 4.92. The van der Waals surface area contributed by atoms with Gasteiger partial charge in [-0.25, -0.2) is 4.98 Å². The average molecular weight is 300 g/mol. The average Bonchev–Trinajstić information content (AvgIpc) is 3.26. The molecule has 1 unspecified atom stereocenters. The maximum Gasteiger partial charge on any atom is 0.115 e. The summed E-state index contributed by atoms with van der Waals surface area (Å²) in [6, 6.07) is 9.74. The third kappa shape index (κ3) is 3.19. The van der Waals surface area contributed by atoms with Crippen LogP contribution in [0.3, 0.4) is 0 Å². The second kappa shape index (κ2) is 6.29. The van der Waals surface area contributed by atoms with Crippen molar-refractivity contribution in [3.8, 4) is 0 Å². The lowest BCUT2D eigenvalue weighted by atomic mass is 9.98. The summed E-state index contributed by atoms with van der Waals surface area (Å²) in [5.41, 5.74) is 4.09. The van der Waals surface area contributed by atoms with Gasteiger partial charge in [-0.3, -0.25) is 0 Å². The van der Waals surface area contributed by atoms with Gasteiger partial charge in [-0.1, -0.05) is 38.1 Å². The van der Waals surface area contributed by atoms with E-state index in [1.165, 1.54) is 39.5 Å². The molecule has 1 aliphatic carbocycles. The Bertz CT molecular complexity index is 613. The SMILES string of the molecule is CCc1ccccc1C(NC1CC1)c1nc(CC)c(C)s1. The fourth-order valence-electron chi connectivity index (χ4n) is 2.82. The lowest BCUT2D eigenvalue weighted by Crippen LogP contribution is -2.25. The predicted octanol–water partition coefficient (Wildman–Crippen LogP) is 4.42. The van der Waals surface area contributed by atoms with Crippen LogP contribution in [0.1, 0.15) is 59.4 Å². The van der Waals surface area contributed by atoms with Crippen molar-refractivity contribution < 1.29 is 0 Å². The number of hydrogen-bond acceptors (Lipinski definition) is 3. The fourth-order valence-corrected chi connectivity index (χ4v) is 3.91. The Kier molecular flexibility index (Phi) is 4.41. The molecule has 1 aromatic heterocycles. The van der Waals surface area contributed by atoms with Gasteiger partial charge >= 0.3 is 0 Å². The smallest absolute Gasteiger partial charge is 0.115 e. The van der Waals surface area contributed by atoms with Crippen LogP contribution in [0, 0.1) is 6.92 Å². The Balaban J connectivity index is 1.99. The summed E-state index contributed by atoms with van der Waals surface area (Å²) in [5.74, 6) is 0. The van der Waals surface area contributed by atoms with Gasteiger partial charge in [-0.05, 0) is 43.7 Å². The van der Waals surface area contributed by atoms with Crippen LogP contribution in [0.4, 0.5) is 0 Å². The first kappa shape index (κ1) is 14.7. The van der Waals surface area contributed by atoms with Crippen LogP contribution < -0.4 is 5.32 Å². The lowest BCUT2D eigenvalue weighted by molar-refractivity contribution is 0.592. The molecule has 0 amide bonds. The zero-order valence-electron chi connectivity index (χ0n) is 13.1. The molecule has 112 valence electrons. The summed E-state index contributed by atoms with van der Waals surface area (Å²) in [5, 5.41) is 5.04. The summed E-state index contributed by atoms with van der Waals surface area (Å²) < 4.78 is 0. The number of nitrogens with one attached hydrogen (secondary N) is 1. The summed E-state index contributed by atoms with van der Waals surface area (Å²) in [7, 11) is 0. The topological polar surface area (TPSA) is 24.9 Å². The van der Waals surface area contributed by atoms with Crippen molar-refractivity contribution in [3.05, 3.63) is 51.0 Å². The van der Waals surface area contributed by atoms with E-state index < -0.39 is 0 Å². The molecule has 1 fully saturated rings. The maximum absolute atomic E-state index is 4.92. The third-order valence-corrected chi connectivity index (χ3v) is 5.30.